The number of sulfonamides is 1. The van der Waals surface area contributed by atoms with Crippen molar-refractivity contribution in [2.24, 2.45) is 0 Å². The molecule has 0 radical (unpaired) electrons. The van der Waals surface area contributed by atoms with Crippen molar-refractivity contribution < 1.29 is 17.9 Å². The minimum atomic E-state index is -3.91. The molecule has 2 N–H and O–H groups in total. The second kappa shape index (κ2) is 10.7. The molecule has 4 aromatic rings. The van der Waals surface area contributed by atoms with Gasteiger partial charge >= 0.3 is 0 Å². The van der Waals surface area contributed by atoms with E-state index in [2.05, 4.69) is 20.0 Å². The summed E-state index contributed by atoms with van der Waals surface area (Å²) in [4.78, 5) is 21.4. The van der Waals surface area contributed by atoms with Gasteiger partial charge in [0.15, 0.2) is 0 Å². The number of imidazole rings is 1. The van der Waals surface area contributed by atoms with Crippen LogP contribution in [-0.2, 0) is 23.0 Å². The molecule has 0 atom stereocenters. The number of hydrogen-bond acceptors (Lipinski definition) is 6. The van der Waals surface area contributed by atoms with Crippen molar-refractivity contribution in [2.45, 2.75) is 24.8 Å². The van der Waals surface area contributed by atoms with Gasteiger partial charge in [0.25, 0.3) is 5.91 Å². The van der Waals surface area contributed by atoms with E-state index < -0.39 is 10.0 Å². The summed E-state index contributed by atoms with van der Waals surface area (Å²) < 4.78 is 35.7. The fourth-order valence-corrected chi connectivity index (χ4v) is 5.05. The van der Waals surface area contributed by atoms with Crippen molar-refractivity contribution in [1.29, 1.82) is 0 Å². The Morgan fingerprint density at radius 3 is 2.63 bits per heavy atom. The number of para-hydroxylation sites is 2. The van der Waals surface area contributed by atoms with Gasteiger partial charge in [-0.2, -0.15) is 0 Å². The molecule has 0 unspecified atom stereocenters. The summed E-state index contributed by atoms with van der Waals surface area (Å²) in [6.07, 6.45) is 2.09. The van der Waals surface area contributed by atoms with Crippen molar-refractivity contribution in [1.82, 2.24) is 24.6 Å². The Morgan fingerprint density at radius 2 is 1.86 bits per heavy atom. The van der Waals surface area contributed by atoms with Crippen LogP contribution in [0.4, 0.5) is 0 Å². The van der Waals surface area contributed by atoms with E-state index in [0.717, 1.165) is 22.6 Å². The highest BCUT2D eigenvalue weighted by Crippen LogP contribution is 2.25. The molecule has 2 aromatic carbocycles. The molecule has 9 nitrogen and oxygen atoms in total. The number of carbonyl (C=O) groups excluding carboxylic acids is 1. The number of benzene rings is 2. The lowest BCUT2D eigenvalue weighted by Crippen LogP contribution is -2.29. The van der Waals surface area contributed by atoms with Crippen molar-refractivity contribution in [3.63, 3.8) is 0 Å². The third-order valence-electron chi connectivity index (χ3n) is 5.58. The van der Waals surface area contributed by atoms with Crippen molar-refractivity contribution in [3.05, 3.63) is 83.9 Å². The molecule has 1 amide bonds. The molecule has 10 heteroatoms. The van der Waals surface area contributed by atoms with E-state index in [1.165, 1.54) is 19.2 Å². The van der Waals surface area contributed by atoms with E-state index in [1.807, 2.05) is 47.9 Å². The lowest BCUT2D eigenvalue weighted by molar-refractivity contribution is 0.0952. The van der Waals surface area contributed by atoms with Gasteiger partial charge in [-0.1, -0.05) is 18.2 Å². The maximum atomic E-state index is 13.0. The van der Waals surface area contributed by atoms with Crippen LogP contribution in [0.2, 0.25) is 0 Å². The Labute approximate surface area is 204 Å². The van der Waals surface area contributed by atoms with Crippen molar-refractivity contribution in [3.8, 4) is 5.75 Å². The van der Waals surface area contributed by atoms with E-state index in [4.69, 9.17) is 4.74 Å². The molecule has 0 aliphatic carbocycles. The van der Waals surface area contributed by atoms with Gasteiger partial charge in [0.1, 0.15) is 16.5 Å². The molecule has 0 spiro atoms. The maximum Gasteiger partial charge on any atom is 0.251 e. The molecular formula is C25H27N5O4S. The summed E-state index contributed by atoms with van der Waals surface area (Å²) in [5, 5.41) is 2.86. The molecule has 4 rings (SSSR count). The number of rotatable bonds is 10. The van der Waals surface area contributed by atoms with Crippen LogP contribution in [0.1, 0.15) is 21.9 Å². The number of methoxy groups -OCH3 is 1. The highest BCUT2D eigenvalue weighted by molar-refractivity contribution is 7.89. The van der Waals surface area contributed by atoms with E-state index >= 15 is 0 Å². The number of amides is 1. The van der Waals surface area contributed by atoms with Crippen LogP contribution in [0.5, 0.6) is 5.75 Å². The number of carbonyl (C=O) groups is 1. The molecule has 182 valence electrons. The lowest BCUT2D eigenvalue weighted by Gasteiger charge is -2.13. The number of ether oxygens (including phenoxy) is 1. The minimum absolute atomic E-state index is 0.0925. The van der Waals surface area contributed by atoms with Gasteiger partial charge in [-0.15, -0.1) is 0 Å². The highest BCUT2D eigenvalue weighted by atomic mass is 32.2. The number of hydrogen-bond donors (Lipinski definition) is 2. The average Bonchev–Trinajstić information content (AvgIpc) is 3.19. The number of nitrogens with one attached hydrogen (secondary N) is 2. The third-order valence-corrected chi connectivity index (χ3v) is 7.06. The minimum Gasteiger partial charge on any atom is -0.495 e. The number of pyridine rings is 1. The molecule has 2 heterocycles. The summed E-state index contributed by atoms with van der Waals surface area (Å²) in [5.41, 5.74) is 2.89. The van der Waals surface area contributed by atoms with Gasteiger partial charge in [0, 0.05) is 43.5 Å². The van der Waals surface area contributed by atoms with Crippen LogP contribution >= 0.6 is 0 Å². The first-order valence-electron chi connectivity index (χ1n) is 11.2. The van der Waals surface area contributed by atoms with Gasteiger partial charge in [0.05, 0.1) is 18.1 Å². The molecule has 0 saturated heterocycles. The first kappa shape index (κ1) is 24.4. The van der Waals surface area contributed by atoms with Crippen LogP contribution in [0.25, 0.3) is 11.0 Å². The van der Waals surface area contributed by atoms with Crippen LogP contribution in [-0.4, -0.2) is 49.1 Å². The van der Waals surface area contributed by atoms with Gasteiger partial charge in [-0.05, 0) is 49.4 Å². The summed E-state index contributed by atoms with van der Waals surface area (Å²) in [6, 6.07) is 17.6. The first-order valence-corrected chi connectivity index (χ1v) is 12.6. The Bertz CT molecular complexity index is 1440. The van der Waals surface area contributed by atoms with Gasteiger partial charge in [-0.25, -0.2) is 18.1 Å². The monoisotopic (exact) mass is 493 g/mol. The fraction of sp³-hybridized carbons (Fsp3) is 0.240. The molecule has 0 bridgehead atoms. The number of aryl methyl sites for hydroxylation is 1. The smallest absolute Gasteiger partial charge is 0.251 e. The number of aromatic nitrogens is 3. The van der Waals surface area contributed by atoms with Gasteiger partial charge in [0.2, 0.25) is 10.0 Å². The van der Waals surface area contributed by atoms with Crippen molar-refractivity contribution in [2.75, 3.05) is 20.2 Å². The predicted octanol–water partition coefficient (Wildman–Crippen LogP) is 2.70. The van der Waals surface area contributed by atoms with E-state index in [9.17, 15) is 13.2 Å². The second-order valence-electron chi connectivity index (χ2n) is 7.89. The average molecular weight is 494 g/mol. The van der Waals surface area contributed by atoms with Crippen LogP contribution in [0, 0.1) is 6.92 Å². The number of nitrogens with zero attached hydrogens (tertiary/aromatic N) is 3. The first-order chi connectivity index (χ1) is 16.9. The highest BCUT2D eigenvalue weighted by Gasteiger charge is 2.21. The van der Waals surface area contributed by atoms with Gasteiger partial charge < -0.3 is 14.6 Å². The lowest BCUT2D eigenvalue weighted by atomic mass is 10.2. The fourth-order valence-electron chi connectivity index (χ4n) is 3.83. The van der Waals surface area contributed by atoms with Crippen LogP contribution in [0.15, 0.2) is 71.8 Å². The molecule has 0 aliphatic heterocycles. The van der Waals surface area contributed by atoms with E-state index in [-0.39, 0.29) is 28.7 Å². The molecule has 0 fully saturated rings. The summed E-state index contributed by atoms with van der Waals surface area (Å²) in [6.45, 7) is 2.98. The quantitative estimate of drug-likeness (QED) is 0.351. The molecule has 0 aliphatic rings. The maximum absolute atomic E-state index is 13.0. The van der Waals surface area contributed by atoms with Gasteiger partial charge in [-0.3, -0.25) is 9.78 Å². The summed E-state index contributed by atoms with van der Waals surface area (Å²) in [5.74, 6) is 0.641. The van der Waals surface area contributed by atoms with Crippen molar-refractivity contribution >= 4 is 27.0 Å². The topological polar surface area (TPSA) is 115 Å². The Kier molecular flexibility index (Phi) is 7.42. The van der Waals surface area contributed by atoms with E-state index in [1.54, 1.807) is 18.3 Å². The standard InChI is InChI=1S/C25H27N5O4S/c1-18-29-21-8-3-4-9-22(21)30(18)16-15-27-25(31)19-10-11-23(34-2)24(17-19)35(32,33)28-14-12-20-7-5-6-13-26-20/h3-11,13,17,28H,12,14-16H2,1-2H3,(H,27,31). The molecule has 2 aromatic heterocycles. The Hall–Kier alpha value is -3.76. The Balaban J connectivity index is 1.43. The predicted molar refractivity (Wildman–Crippen MR) is 133 cm³/mol. The van der Waals surface area contributed by atoms with E-state index in [0.29, 0.717) is 19.5 Å². The van der Waals surface area contributed by atoms with Crippen LogP contribution in [0.3, 0.4) is 0 Å². The normalized spacial score (nSPS) is 11.5. The summed E-state index contributed by atoms with van der Waals surface area (Å²) in [7, 11) is -2.52. The zero-order valence-corrected chi connectivity index (χ0v) is 20.4. The number of fused-ring (bicyclic) bond motifs is 1. The molecule has 0 saturated carbocycles. The third kappa shape index (κ3) is 5.67. The Morgan fingerprint density at radius 1 is 1.06 bits per heavy atom. The second-order valence-corrected chi connectivity index (χ2v) is 9.63. The largest absolute Gasteiger partial charge is 0.495 e. The SMILES string of the molecule is COc1ccc(C(=O)NCCn2c(C)nc3ccccc32)cc1S(=O)(=O)NCCc1ccccn1. The zero-order valence-electron chi connectivity index (χ0n) is 19.6. The zero-order chi connectivity index (χ0) is 24.8. The molecule has 35 heavy (non-hydrogen) atoms. The summed E-state index contributed by atoms with van der Waals surface area (Å²) >= 11 is 0. The molecular weight excluding hydrogens is 466 g/mol. The van der Waals surface area contributed by atoms with Crippen LogP contribution < -0.4 is 14.8 Å².